The highest BCUT2D eigenvalue weighted by Gasteiger charge is 2.26. The molecule has 2 fully saturated rings. The van der Waals surface area contributed by atoms with E-state index in [0.717, 1.165) is 24.0 Å². The van der Waals surface area contributed by atoms with Crippen LogP contribution in [0.1, 0.15) is 43.0 Å². The van der Waals surface area contributed by atoms with Gasteiger partial charge in [-0.2, -0.15) is 0 Å². The van der Waals surface area contributed by atoms with E-state index in [9.17, 15) is 19.2 Å². The molecule has 0 saturated carbocycles. The highest BCUT2D eigenvalue weighted by molar-refractivity contribution is 5.88. The van der Waals surface area contributed by atoms with E-state index >= 15 is 0 Å². The quantitative estimate of drug-likeness (QED) is 0.666. The Morgan fingerprint density at radius 3 is 1.93 bits per heavy atom. The zero-order valence-electron chi connectivity index (χ0n) is 16.1. The molecule has 2 saturated heterocycles. The Labute approximate surface area is 164 Å². The molecule has 3 rings (SSSR count). The van der Waals surface area contributed by atoms with Crippen LogP contribution in [0.3, 0.4) is 0 Å². The van der Waals surface area contributed by atoms with Gasteiger partial charge in [0.2, 0.25) is 23.6 Å². The van der Waals surface area contributed by atoms with Gasteiger partial charge in [0, 0.05) is 25.9 Å². The number of carbonyl (C=O) groups excluding carboxylic acids is 4. The van der Waals surface area contributed by atoms with Crippen molar-refractivity contribution in [1.82, 2.24) is 20.4 Å². The first-order chi connectivity index (χ1) is 13.4. The molecule has 2 heterocycles. The molecule has 4 amide bonds. The minimum atomic E-state index is -0.727. The number of carbonyl (C=O) groups is 4. The molecule has 150 valence electrons. The molecule has 2 aliphatic rings. The number of nitrogens with one attached hydrogen (secondary N) is 2. The van der Waals surface area contributed by atoms with Crippen LogP contribution in [0, 0.1) is 6.92 Å². The largest absolute Gasteiger partial charge is 0.333 e. The number of rotatable bonds is 7. The first kappa shape index (κ1) is 19.9. The van der Waals surface area contributed by atoms with Crippen LogP contribution < -0.4 is 10.6 Å². The molecule has 2 aliphatic heterocycles. The van der Waals surface area contributed by atoms with Gasteiger partial charge in [0.25, 0.3) is 0 Å². The fourth-order valence-corrected chi connectivity index (χ4v) is 3.55. The first-order valence-electron chi connectivity index (χ1n) is 9.63. The Hall–Kier alpha value is -2.90. The summed E-state index contributed by atoms with van der Waals surface area (Å²) in [6, 6.07) is 7.48. The minimum Gasteiger partial charge on any atom is -0.333 e. The van der Waals surface area contributed by atoms with Crippen molar-refractivity contribution in [3.05, 3.63) is 35.4 Å². The second-order valence-corrected chi connectivity index (χ2v) is 7.32. The monoisotopic (exact) mass is 386 g/mol. The first-order valence-corrected chi connectivity index (χ1v) is 9.63. The number of likely N-dealkylation sites (tertiary alicyclic amines) is 2. The summed E-state index contributed by atoms with van der Waals surface area (Å²) in [7, 11) is 0. The van der Waals surface area contributed by atoms with Gasteiger partial charge in [0.15, 0.2) is 0 Å². The number of aryl methyl sites for hydroxylation is 1. The third kappa shape index (κ3) is 5.09. The predicted octanol–water partition coefficient (Wildman–Crippen LogP) is 0.471. The summed E-state index contributed by atoms with van der Waals surface area (Å²) in [5.74, 6) is -0.726. The van der Waals surface area contributed by atoms with Gasteiger partial charge in [-0.3, -0.25) is 19.2 Å². The minimum absolute atomic E-state index is 0.0262. The van der Waals surface area contributed by atoms with Crippen LogP contribution in [0.25, 0.3) is 0 Å². The maximum atomic E-state index is 12.5. The molecule has 0 bridgehead atoms. The maximum Gasteiger partial charge on any atom is 0.241 e. The molecule has 2 N–H and O–H groups in total. The number of hydrogen-bond acceptors (Lipinski definition) is 4. The third-order valence-corrected chi connectivity index (χ3v) is 5.00. The predicted molar refractivity (Wildman–Crippen MR) is 102 cm³/mol. The molecular formula is C20H26N4O4. The highest BCUT2D eigenvalue weighted by atomic mass is 16.2. The zero-order chi connectivity index (χ0) is 20.1. The Balaban J connectivity index is 1.66. The summed E-state index contributed by atoms with van der Waals surface area (Å²) in [5, 5.41) is 5.61. The van der Waals surface area contributed by atoms with Crippen LogP contribution in [-0.2, 0) is 19.2 Å². The lowest BCUT2D eigenvalue weighted by atomic mass is 10.1. The van der Waals surface area contributed by atoms with Crippen molar-refractivity contribution in [2.24, 2.45) is 0 Å². The summed E-state index contributed by atoms with van der Waals surface area (Å²) >= 11 is 0. The SMILES string of the molecule is Cc1cccc(C(NC(=O)CN2CCCC2=O)NC(=O)CN2CCCC2=O)c1. The second kappa shape index (κ2) is 8.86. The number of hydrogen-bond donors (Lipinski definition) is 2. The van der Waals surface area contributed by atoms with Gasteiger partial charge in [-0.1, -0.05) is 29.8 Å². The summed E-state index contributed by atoms with van der Waals surface area (Å²) < 4.78 is 0. The lowest BCUT2D eigenvalue weighted by molar-refractivity contribution is -0.135. The molecule has 0 aliphatic carbocycles. The third-order valence-electron chi connectivity index (χ3n) is 5.00. The van der Waals surface area contributed by atoms with E-state index in [-0.39, 0.29) is 36.7 Å². The van der Waals surface area contributed by atoms with Gasteiger partial charge in [0.1, 0.15) is 6.17 Å². The van der Waals surface area contributed by atoms with E-state index in [2.05, 4.69) is 10.6 Å². The van der Waals surface area contributed by atoms with Crippen LogP contribution in [0.2, 0.25) is 0 Å². The van der Waals surface area contributed by atoms with Gasteiger partial charge < -0.3 is 20.4 Å². The fourth-order valence-electron chi connectivity index (χ4n) is 3.55. The molecule has 28 heavy (non-hydrogen) atoms. The summed E-state index contributed by atoms with van der Waals surface area (Å²) in [5.41, 5.74) is 1.73. The summed E-state index contributed by atoms with van der Waals surface area (Å²) in [6.07, 6.45) is 1.72. The Morgan fingerprint density at radius 1 is 0.964 bits per heavy atom. The van der Waals surface area contributed by atoms with Crippen molar-refractivity contribution < 1.29 is 19.2 Å². The molecule has 0 aromatic heterocycles. The van der Waals surface area contributed by atoms with E-state index in [4.69, 9.17) is 0 Å². The van der Waals surface area contributed by atoms with Gasteiger partial charge in [-0.05, 0) is 25.3 Å². The van der Waals surface area contributed by atoms with Crippen molar-refractivity contribution in [3.8, 4) is 0 Å². The van der Waals surface area contributed by atoms with Gasteiger partial charge in [0.05, 0.1) is 13.1 Å². The lowest BCUT2D eigenvalue weighted by Gasteiger charge is -2.24. The molecule has 0 radical (unpaired) electrons. The van der Waals surface area contributed by atoms with Crippen LogP contribution in [0.5, 0.6) is 0 Å². The summed E-state index contributed by atoms with van der Waals surface area (Å²) in [6.45, 7) is 3.02. The van der Waals surface area contributed by atoms with Crippen molar-refractivity contribution >= 4 is 23.6 Å². The van der Waals surface area contributed by atoms with Crippen molar-refractivity contribution in [3.63, 3.8) is 0 Å². The number of nitrogens with zero attached hydrogens (tertiary/aromatic N) is 2. The van der Waals surface area contributed by atoms with Crippen molar-refractivity contribution in [2.75, 3.05) is 26.2 Å². The fraction of sp³-hybridized carbons (Fsp3) is 0.500. The molecule has 0 atom stereocenters. The van der Waals surface area contributed by atoms with Crippen LogP contribution in [0.4, 0.5) is 0 Å². The molecule has 1 aromatic rings. The highest BCUT2D eigenvalue weighted by Crippen LogP contribution is 2.14. The van der Waals surface area contributed by atoms with Crippen molar-refractivity contribution in [2.45, 2.75) is 38.8 Å². The Bertz CT molecular complexity index is 737. The molecular weight excluding hydrogens is 360 g/mol. The van der Waals surface area contributed by atoms with Crippen LogP contribution >= 0.6 is 0 Å². The average Bonchev–Trinajstić information content (AvgIpc) is 3.23. The molecule has 8 heteroatoms. The average molecular weight is 386 g/mol. The summed E-state index contributed by atoms with van der Waals surface area (Å²) in [4.78, 5) is 51.5. The van der Waals surface area contributed by atoms with Crippen LogP contribution in [-0.4, -0.2) is 59.6 Å². The van der Waals surface area contributed by atoms with Crippen LogP contribution in [0.15, 0.2) is 24.3 Å². The molecule has 0 unspecified atom stereocenters. The van der Waals surface area contributed by atoms with Gasteiger partial charge >= 0.3 is 0 Å². The second-order valence-electron chi connectivity index (χ2n) is 7.32. The van der Waals surface area contributed by atoms with E-state index in [1.807, 2.05) is 31.2 Å². The van der Waals surface area contributed by atoms with Gasteiger partial charge in [-0.15, -0.1) is 0 Å². The smallest absolute Gasteiger partial charge is 0.241 e. The maximum absolute atomic E-state index is 12.5. The molecule has 1 aromatic carbocycles. The normalized spacial score (nSPS) is 16.8. The Kier molecular flexibility index (Phi) is 6.28. The zero-order valence-corrected chi connectivity index (χ0v) is 16.1. The molecule has 0 spiro atoms. The molecule has 8 nitrogen and oxygen atoms in total. The van der Waals surface area contributed by atoms with E-state index in [0.29, 0.717) is 25.9 Å². The number of amides is 4. The van der Waals surface area contributed by atoms with Crippen molar-refractivity contribution in [1.29, 1.82) is 0 Å². The van der Waals surface area contributed by atoms with E-state index in [1.54, 1.807) is 0 Å². The Morgan fingerprint density at radius 2 is 1.50 bits per heavy atom. The lowest BCUT2D eigenvalue weighted by Crippen LogP contribution is -2.47. The number of benzene rings is 1. The topological polar surface area (TPSA) is 98.8 Å². The van der Waals surface area contributed by atoms with Gasteiger partial charge in [-0.25, -0.2) is 0 Å². The van der Waals surface area contributed by atoms with E-state index < -0.39 is 6.17 Å². The van der Waals surface area contributed by atoms with E-state index in [1.165, 1.54) is 9.80 Å². The standard InChI is InChI=1S/C20H26N4O4/c1-14-5-2-6-15(11-14)20(21-16(25)12-23-9-3-7-18(23)27)22-17(26)13-24-10-4-8-19(24)28/h2,5-6,11,20H,3-4,7-10,12-13H2,1H3,(H,21,25)(H,22,26).